The molecule has 4 nitrogen and oxygen atoms in total. The third kappa shape index (κ3) is 7.88. The van der Waals surface area contributed by atoms with E-state index in [1.165, 1.54) is 5.56 Å². The summed E-state index contributed by atoms with van der Waals surface area (Å²) in [4.78, 5) is 15.4. The van der Waals surface area contributed by atoms with Crippen LogP contribution in [0.4, 0.5) is 0 Å². The molecule has 0 saturated heterocycles. The maximum Gasteiger partial charge on any atom is 0.164 e. The minimum absolute atomic E-state index is 0.388. The average Bonchev–Trinajstić information content (AvgIpc) is 3.44. The lowest BCUT2D eigenvalue weighted by Crippen LogP contribution is -2.29. The normalized spacial score (nSPS) is 13.8. The third-order valence-corrected chi connectivity index (χ3v) is 13.5. The Morgan fingerprint density at radius 1 is 0.275 bits per heavy atom. The van der Waals surface area contributed by atoms with Gasteiger partial charge in [0.05, 0.1) is 0 Å². The predicted octanol–water partition coefficient (Wildman–Crippen LogP) is 16.7. The van der Waals surface area contributed by atoms with Crippen LogP contribution in [-0.4, -0.2) is 15.0 Å². The zero-order valence-corrected chi connectivity index (χ0v) is 38.0. The Labute approximate surface area is 402 Å². The molecule has 1 atom stereocenters. The van der Waals surface area contributed by atoms with Gasteiger partial charge in [-0.3, -0.25) is 0 Å². The van der Waals surface area contributed by atoms with Crippen molar-refractivity contribution in [2.45, 2.75) is 12.3 Å². The first kappa shape index (κ1) is 41.4. The molecule has 11 aromatic rings. The van der Waals surface area contributed by atoms with Gasteiger partial charge in [-0.1, -0.05) is 212 Å². The van der Waals surface area contributed by atoms with Crippen LogP contribution in [0.5, 0.6) is 11.5 Å². The summed E-state index contributed by atoms with van der Waals surface area (Å²) in [6, 6.07) is 89.8. The van der Waals surface area contributed by atoms with Gasteiger partial charge in [0.15, 0.2) is 17.5 Å². The number of fused-ring (bicyclic) bond motifs is 2. The van der Waals surface area contributed by atoms with Gasteiger partial charge in [-0.2, -0.15) is 0 Å². The molecular weight excluding hydrogens is 839 g/mol. The van der Waals surface area contributed by atoms with Crippen LogP contribution >= 0.6 is 0 Å². The molecule has 0 aliphatic carbocycles. The number of benzene rings is 10. The second kappa shape index (κ2) is 17.7. The van der Waals surface area contributed by atoms with Gasteiger partial charge in [0.2, 0.25) is 0 Å². The topological polar surface area (TPSA) is 47.9 Å². The first-order valence-corrected chi connectivity index (χ1v) is 23.4. The van der Waals surface area contributed by atoms with Crippen LogP contribution in [0.1, 0.15) is 23.6 Å². The number of hydrogen-bond donors (Lipinski definition) is 0. The standard InChI is InChI=1S/C65H45N3O/c1-65(55-27-12-5-13-28-55)58-31-16-17-32-60(58)69-61-38-37-51(43-59(61)65)45-35-33-44(34-36-45)49-25-18-26-50(39-49)52-40-53(57-30-15-14-29-56(57)46-19-6-2-7-20-46)42-54(41-52)64-67-62(47-21-8-3-9-22-47)66-63(68-64)48-23-10-4-11-24-48/h2-43H,1H3. The van der Waals surface area contributed by atoms with Gasteiger partial charge < -0.3 is 4.74 Å². The Morgan fingerprint density at radius 3 is 1.30 bits per heavy atom. The van der Waals surface area contributed by atoms with E-state index in [4.69, 9.17) is 19.7 Å². The second-order valence-electron chi connectivity index (χ2n) is 17.7. The van der Waals surface area contributed by atoms with Crippen molar-refractivity contribution in [1.29, 1.82) is 0 Å². The monoisotopic (exact) mass is 883 g/mol. The van der Waals surface area contributed by atoms with E-state index < -0.39 is 0 Å². The minimum atomic E-state index is -0.388. The lowest BCUT2D eigenvalue weighted by Gasteiger charge is -2.38. The first-order chi connectivity index (χ1) is 34.0. The first-order valence-electron chi connectivity index (χ1n) is 23.4. The van der Waals surface area contributed by atoms with Crippen LogP contribution in [-0.2, 0) is 5.41 Å². The van der Waals surface area contributed by atoms with Crippen molar-refractivity contribution in [3.05, 3.63) is 271 Å². The van der Waals surface area contributed by atoms with Gasteiger partial charge in [0, 0.05) is 33.2 Å². The fraction of sp³-hybridized carbons (Fsp3) is 0.0308. The van der Waals surface area contributed by atoms with Crippen molar-refractivity contribution < 1.29 is 4.74 Å². The van der Waals surface area contributed by atoms with Crippen LogP contribution in [0.3, 0.4) is 0 Å². The van der Waals surface area contributed by atoms with Crippen molar-refractivity contribution in [3.63, 3.8) is 0 Å². The van der Waals surface area contributed by atoms with E-state index in [-0.39, 0.29) is 5.41 Å². The molecule has 69 heavy (non-hydrogen) atoms. The molecule has 1 aliphatic rings. The molecule has 4 heteroatoms. The van der Waals surface area contributed by atoms with Gasteiger partial charge in [0.1, 0.15) is 11.5 Å². The number of ether oxygens (including phenoxy) is 1. The number of para-hydroxylation sites is 1. The average molecular weight is 884 g/mol. The molecule has 0 amide bonds. The summed E-state index contributed by atoms with van der Waals surface area (Å²) in [6.07, 6.45) is 0. The molecule has 0 fully saturated rings. The fourth-order valence-electron chi connectivity index (χ4n) is 9.86. The molecule has 0 spiro atoms. The van der Waals surface area contributed by atoms with Crippen molar-refractivity contribution >= 4 is 0 Å². The third-order valence-electron chi connectivity index (χ3n) is 13.5. The Morgan fingerprint density at radius 2 is 0.681 bits per heavy atom. The Kier molecular flexibility index (Phi) is 10.6. The number of aromatic nitrogens is 3. The maximum absolute atomic E-state index is 6.54. The highest BCUT2D eigenvalue weighted by Gasteiger charge is 2.39. The molecule has 2 heterocycles. The molecule has 1 aliphatic heterocycles. The predicted molar refractivity (Wildman–Crippen MR) is 282 cm³/mol. The highest BCUT2D eigenvalue weighted by atomic mass is 16.5. The van der Waals surface area contributed by atoms with Crippen LogP contribution < -0.4 is 4.74 Å². The van der Waals surface area contributed by atoms with E-state index in [0.29, 0.717) is 17.5 Å². The molecule has 0 radical (unpaired) electrons. The van der Waals surface area contributed by atoms with E-state index in [1.807, 2.05) is 66.7 Å². The lowest BCUT2D eigenvalue weighted by atomic mass is 9.69. The molecule has 0 saturated carbocycles. The summed E-state index contributed by atoms with van der Waals surface area (Å²) < 4.78 is 6.54. The van der Waals surface area contributed by atoms with Gasteiger partial charge in [-0.25, -0.2) is 15.0 Å². The molecule has 1 unspecified atom stereocenters. The van der Waals surface area contributed by atoms with E-state index in [2.05, 4.69) is 195 Å². The van der Waals surface area contributed by atoms with Crippen LogP contribution in [0.2, 0.25) is 0 Å². The van der Waals surface area contributed by atoms with Gasteiger partial charge in [0.25, 0.3) is 0 Å². The SMILES string of the molecule is CC1(c2ccccc2)c2ccccc2Oc2ccc(-c3ccc(-c4cccc(-c5cc(-c6nc(-c7ccccc7)nc(-c7ccccc7)n6)cc(-c6ccccc6-c6ccccc6)c5)c4)cc3)cc21. The molecule has 326 valence electrons. The summed E-state index contributed by atoms with van der Waals surface area (Å²) in [5, 5.41) is 0. The summed E-state index contributed by atoms with van der Waals surface area (Å²) >= 11 is 0. The molecule has 0 N–H and O–H groups in total. The van der Waals surface area contributed by atoms with Crippen molar-refractivity contribution in [2.75, 3.05) is 0 Å². The Hall–Kier alpha value is -8.99. The maximum atomic E-state index is 6.54. The lowest BCUT2D eigenvalue weighted by molar-refractivity contribution is 0.427. The molecule has 1 aromatic heterocycles. The van der Waals surface area contributed by atoms with E-state index >= 15 is 0 Å². The number of nitrogens with zero attached hydrogens (tertiary/aromatic N) is 3. The van der Waals surface area contributed by atoms with E-state index in [0.717, 1.165) is 95.0 Å². The Bertz CT molecular complexity index is 3570. The zero-order chi connectivity index (χ0) is 46.2. The van der Waals surface area contributed by atoms with Crippen LogP contribution in [0.25, 0.3) is 89.8 Å². The van der Waals surface area contributed by atoms with E-state index in [9.17, 15) is 0 Å². The zero-order valence-electron chi connectivity index (χ0n) is 38.0. The summed E-state index contributed by atoms with van der Waals surface area (Å²) in [6.45, 7) is 2.32. The summed E-state index contributed by atoms with van der Waals surface area (Å²) in [7, 11) is 0. The quantitative estimate of drug-likeness (QED) is 0.145. The molecule has 12 rings (SSSR count). The van der Waals surface area contributed by atoms with Gasteiger partial charge in [-0.05, 0) is 111 Å². The van der Waals surface area contributed by atoms with E-state index in [1.54, 1.807) is 0 Å². The molecular formula is C65H45N3O. The summed E-state index contributed by atoms with van der Waals surface area (Å²) in [5.74, 6) is 3.64. The molecule has 10 aromatic carbocycles. The van der Waals surface area contributed by atoms with Crippen LogP contribution in [0, 0.1) is 0 Å². The second-order valence-corrected chi connectivity index (χ2v) is 17.7. The fourth-order valence-corrected chi connectivity index (χ4v) is 9.86. The van der Waals surface area contributed by atoms with Crippen LogP contribution in [0.15, 0.2) is 255 Å². The van der Waals surface area contributed by atoms with Crippen molar-refractivity contribution in [1.82, 2.24) is 15.0 Å². The smallest absolute Gasteiger partial charge is 0.164 e. The largest absolute Gasteiger partial charge is 0.457 e. The highest BCUT2D eigenvalue weighted by molar-refractivity contribution is 5.89. The minimum Gasteiger partial charge on any atom is -0.457 e. The summed E-state index contributed by atoms with van der Waals surface area (Å²) in [5.41, 5.74) is 17.1. The van der Waals surface area contributed by atoms with Crippen molar-refractivity contribution in [2.24, 2.45) is 0 Å². The number of rotatable bonds is 9. The van der Waals surface area contributed by atoms with Crippen molar-refractivity contribution in [3.8, 4) is 101 Å². The Balaban J connectivity index is 0.948. The number of hydrogen-bond acceptors (Lipinski definition) is 4. The molecule has 0 bridgehead atoms. The van der Waals surface area contributed by atoms with Gasteiger partial charge in [-0.15, -0.1) is 0 Å². The van der Waals surface area contributed by atoms with Gasteiger partial charge >= 0.3 is 0 Å². The highest BCUT2D eigenvalue weighted by Crippen LogP contribution is 2.52.